The van der Waals surface area contributed by atoms with Gasteiger partial charge in [0.05, 0.1) is 0 Å². The number of nitrogens with one attached hydrogen (secondary N) is 1. The van der Waals surface area contributed by atoms with Crippen molar-refractivity contribution in [1.29, 1.82) is 0 Å². The van der Waals surface area contributed by atoms with Crippen LogP contribution in [-0.4, -0.2) is 24.1 Å². The highest BCUT2D eigenvalue weighted by Gasteiger charge is 1.98. The Kier molecular flexibility index (Phi) is 3.92. The third kappa shape index (κ3) is 3.77. The van der Waals surface area contributed by atoms with Crippen LogP contribution in [0.4, 0.5) is 0 Å². The van der Waals surface area contributed by atoms with Crippen molar-refractivity contribution in [2.75, 3.05) is 14.1 Å². The Morgan fingerprint density at radius 3 is 2.79 bits per heavy atom. The van der Waals surface area contributed by atoms with Crippen LogP contribution < -0.4 is 5.43 Å². The number of hydrogen-bond donors (Lipinski definition) is 1. The van der Waals surface area contributed by atoms with E-state index in [9.17, 15) is 0 Å². The lowest BCUT2D eigenvalue weighted by molar-refractivity contribution is 0.325. The first-order valence-electron chi connectivity index (χ1n) is 4.30. The molecule has 0 aromatic carbocycles. The van der Waals surface area contributed by atoms with E-state index in [0.29, 0.717) is 5.15 Å². The first-order valence-corrected chi connectivity index (χ1v) is 4.68. The van der Waals surface area contributed by atoms with Crippen LogP contribution in [0.2, 0.25) is 5.15 Å². The van der Waals surface area contributed by atoms with E-state index in [0.717, 1.165) is 17.7 Å². The minimum atomic E-state index is 0.514. The van der Waals surface area contributed by atoms with Crippen LogP contribution in [0.25, 0.3) is 0 Å². The molecule has 0 aliphatic heterocycles. The molecule has 3 nitrogen and oxygen atoms in total. The predicted octanol–water partition coefficient (Wildman–Crippen LogP) is 1.86. The molecule has 0 aliphatic carbocycles. The van der Waals surface area contributed by atoms with Gasteiger partial charge in [-0.3, -0.25) is 0 Å². The average Bonchev–Trinajstić information content (AvgIpc) is 2.07. The molecule has 0 radical (unpaired) electrons. The standard InChI is InChI=1S/C10H14ClN3/c1-8(13-14(2)3)6-9-4-5-10(11)12-7-9/h4-5,7,13H,1,6H2,2-3H3. The Hall–Kier alpha value is -1.06. The van der Waals surface area contributed by atoms with Crippen molar-refractivity contribution in [1.82, 2.24) is 15.4 Å². The molecule has 0 aliphatic rings. The SMILES string of the molecule is C=C(Cc1ccc(Cl)nc1)NN(C)C. The molecule has 1 N–H and O–H groups in total. The number of allylic oxidation sites excluding steroid dienone is 1. The minimum absolute atomic E-state index is 0.514. The zero-order chi connectivity index (χ0) is 10.6. The first-order chi connectivity index (χ1) is 6.58. The Balaban J connectivity index is 2.52. The fourth-order valence-electron chi connectivity index (χ4n) is 1.11. The largest absolute Gasteiger partial charge is 0.324 e. The van der Waals surface area contributed by atoms with Crippen molar-refractivity contribution >= 4 is 11.6 Å². The molecule has 0 saturated heterocycles. The summed E-state index contributed by atoms with van der Waals surface area (Å²) in [6.07, 6.45) is 2.51. The molecule has 14 heavy (non-hydrogen) atoms. The number of aromatic nitrogens is 1. The molecule has 4 heteroatoms. The fourth-order valence-corrected chi connectivity index (χ4v) is 1.22. The van der Waals surface area contributed by atoms with Crippen LogP contribution in [0.1, 0.15) is 5.56 Å². The highest BCUT2D eigenvalue weighted by Crippen LogP contribution is 2.07. The summed E-state index contributed by atoms with van der Waals surface area (Å²) in [7, 11) is 3.84. The molecule has 1 rings (SSSR count). The molecular weight excluding hydrogens is 198 g/mol. The summed E-state index contributed by atoms with van der Waals surface area (Å²) < 4.78 is 0. The van der Waals surface area contributed by atoms with E-state index in [1.807, 2.05) is 25.2 Å². The van der Waals surface area contributed by atoms with Crippen LogP contribution in [0.5, 0.6) is 0 Å². The van der Waals surface area contributed by atoms with Crippen LogP contribution in [0.15, 0.2) is 30.6 Å². The predicted molar refractivity (Wildman–Crippen MR) is 58.9 cm³/mol. The van der Waals surface area contributed by atoms with Gasteiger partial charge in [0.2, 0.25) is 0 Å². The summed E-state index contributed by atoms with van der Waals surface area (Å²) in [6.45, 7) is 3.90. The maximum atomic E-state index is 5.68. The monoisotopic (exact) mass is 211 g/mol. The summed E-state index contributed by atoms with van der Waals surface area (Å²) in [4.78, 5) is 3.99. The molecule has 0 saturated carbocycles. The molecule has 0 spiro atoms. The summed E-state index contributed by atoms with van der Waals surface area (Å²) in [5.74, 6) is 0. The molecule has 0 unspecified atom stereocenters. The number of rotatable bonds is 4. The van der Waals surface area contributed by atoms with E-state index in [4.69, 9.17) is 11.6 Å². The number of halogens is 1. The van der Waals surface area contributed by atoms with Gasteiger partial charge in [-0.1, -0.05) is 24.2 Å². The van der Waals surface area contributed by atoms with E-state index in [1.54, 1.807) is 12.3 Å². The normalized spacial score (nSPS) is 10.3. The third-order valence-corrected chi connectivity index (χ3v) is 1.81. The second kappa shape index (κ2) is 4.98. The first kappa shape index (κ1) is 11.0. The van der Waals surface area contributed by atoms with E-state index < -0.39 is 0 Å². The van der Waals surface area contributed by atoms with Gasteiger partial charge in [0.25, 0.3) is 0 Å². The summed E-state index contributed by atoms with van der Waals surface area (Å²) >= 11 is 5.68. The molecule has 1 aromatic rings. The molecule has 76 valence electrons. The molecule has 1 aromatic heterocycles. The van der Waals surface area contributed by atoms with Gasteiger partial charge in [0.1, 0.15) is 5.15 Å². The van der Waals surface area contributed by atoms with Crippen LogP contribution in [0, 0.1) is 0 Å². The van der Waals surface area contributed by atoms with Crippen molar-refractivity contribution in [3.05, 3.63) is 41.3 Å². The Morgan fingerprint density at radius 2 is 2.29 bits per heavy atom. The Labute approximate surface area is 89.4 Å². The van der Waals surface area contributed by atoms with Gasteiger partial charge in [0.15, 0.2) is 0 Å². The quantitative estimate of drug-likeness (QED) is 0.609. The van der Waals surface area contributed by atoms with Crippen LogP contribution in [-0.2, 0) is 6.42 Å². The lowest BCUT2D eigenvalue weighted by atomic mass is 10.2. The number of hydrazine groups is 1. The molecule has 1 heterocycles. The van der Waals surface area contributed by atoms with Crippen LogP contribution >= 0.6 is 11.6 Å². The number of hydrogen-bond acceptors (Lipinski definition) is 3. The molecule has 0 amide bonds. The van der Waals surface area contributed by atoms with Crippen molar-refractivity contribution in [3.8, 4) is 0 Å². The van der Waals surface area contributed by atoms with Gasteiger partial charge in [0, 0.05) is 32.4 Å². The average molecular weight is 212 g/mol. The van der Waals surface area contributed by atoms with Gasteiger partial charge < -0.3 is 5.43 Å². The Bertz CT molecular complexity index is 306. The van der Waals surface area contributed by atoms with Crippen molar-refractivity contribution < 1.29 is 0 Å². The number of pyridine rings is 1. The van der Waals surface area contributed by atoms with Gasteiger partial charge in [-0.05, 0) is 11.6 Å². The molecule has 0 fully saturated rings. The van der Waals surface area contributed by atoms with E-state index >= 15 is 0 Å². The van der Waals surface area contributed by atoms with Gasteiger partial charge in [-0.2, -0.15) is 0 Å². The molecular formula is C10H14ClN3. The minimum Gasteiger partial charge on any atom is -0.324 e. The van der Waals surface area contributed by atoms with Crippen molar-refractivity contribution in [2.45, 2.75) is 6.42 Å². The fraction of sp³-hybridized carbons (Fsp3) is 0.300. The highest BCUT2D eigenvalue weighted by atomic mass is 35.5. The molecule has 0 bridgehead atoms. The van der Waals surface area contributed by atoms with E-state index in [1.165, 1.54) is 0 Å². The second-order valence-corrected chi connectivity index (χ2v) is 3.66. The highest BCUT2D eigenvalue weighted by molar-refractivity contribution is 6.29. The van der Waals surface area contributed by atoms with Crippen LogP contribution in [0.3, 0.4) is 0 Å². The van der Waals surface area contributed by atoms with Gasteiger partial charge >= 0.3 is 0 Å². The van der Waals surface area contributed by atoms with Crippen molar-refractivity contribution in [3.63, 3.8) is 0 Å². The zero-order valence-electron chi connectivity index (χ0n) is 8.42. The zero-order valence-corrected chi connectivity index (χ0v) is 9.17. The van der Waals surface area contributed by atoms with Gasteiger partial charge in [-0.25, -0.2) is 9.99 Å². The van der Waals surface area contributed by atoms with E-state index in [2.05, 4.69) is 17.0 Å². The van der Waals surface area contributed by atoms with Gasteiger partial charge in [-0.15, -0.1) is 0 Å². The maximum Gasteiger partial charge on any atom is 0.129 e. The Morgan fingerprint density at radius 1 is 1.57 bits per heavy atom. The third-order valence-electron chi connectivity index (χ3n) is 1.59. The molecule has 0 atom stereocenters. The smallest absolute Gasteiger partial charge is 0.129 e. The number of nitrogens with zero attached hydrogens (tertiary/aromatic N) is 2. The summed E-state index contributed by atoms with van der Waals surface area (Å²) in [5, 5.41) is 2.37. The summed E-state index contributed by atoms with van der Waals surface area (Å²) in [6, 6.07) is 3.72. The second-order valence-electron chi connectivity index (χ2n) is 3.28. The summed E-state index contributed by atoms with van der Waals surface area (Å²) in [5.41, 5.74) is 5.11. The topological polar surface area (TPSA) is 28.2 Å². The van der Waals surface area contributed by atoms with Crippen molar-refractivity contribution in [2.24, 2.45) is 0 Å². The lowest BCUT2D eigenvalue weighted by Gasteiger charge is -2.15. The lowest BCUT2D eigenvalue weighted by Crippen LogP contribution is -2.29. The maximum absolute atomic E-state index is 5.68. The van der Waals surface area contributed by atoms with E-state index in [-0.39, 0.29) is 0 Å².